The van der Waals surface area contributed by atoms with Gasteiger partial charge < -0.3 is 9.72 Å². The van der Waals surface area contributed by atoms with Gasteiger partial charge in [0.15, 0.2) is 0 Å². The highest BCUT2D eigenvalue weighted by atomic mass is 16.5. The van der Waals surface area contributed by atoms with Gasteiger partial charge in [-0.1, -0.05) is 12.1 Å². The van der Waals surface area contributed by atoms with Gasteiger partial charge in [-0.3, -0.25) is 0 Å². The van der Waals surface area contributed by atoms with E-state index in [0.717, 1.165) is 11.4 Å². The van der Waals surface area contributed by atoms with Crippen molar-refractivity contribution in [2.75, 3.05) is 7.11 Å². The number of fused-ring (bicyclic) bond motifs is 1. The molecular weight excluding hydrogens is 222 g/mol. The average Bonchev–Trinajstić information content (AvgIpc) is 2.81. The second-order valence-electron chi connectivity index (χ2n) is 4.50. The largest absolute Gasteiger partial charge is 0.497 e. The van der Waals surface area contributed by atoms with Crippen molar-refractivity contribution in [3.8, 4) is 17.0 Å². The van der Waals surface area contributed by atoms with Crippen LogP contribution in [-0.2, 0) is 0 Å². The van der Waals surface area contributed by atoms with Crippen LogP contribution in [0.5, 0.6) is 5.75 Å². The molecule has 2 heteroatoms. The standard InChI is InChI=1S/C16H15NO/c1-11-3-4-13-10-16(17-15(13)9-11)12-5-7-14(18-2)8-6-12/h3-10,17H,1-2H3. The zero-order valence-electron chi connectivity index (χ0n) is 10.5. The number of methoxy groups -OCH3 is 1. The second-order valence-corrected chi connectivity index (χ2v) is 4.50. The van der Waals surface area contributed by atoms with E-state index in [9.17, 15) is 0 Å². The average molecular weight is 237 g/mol. The molecule has 1 aromatic heterocycles. The van der Waals surface area contributed by atoms with Crippen molar-refractivity contribution >= 4 is 10.9 Å². The Hall–Kier alpha value is -2.22. The number of aromatic amines is 1. The van der Waals surface area contributed by atoms with Crippen LogP contribution in [0, 0.1) is 6.92 Å². The van der Waals surface area contributed by atoms with Crippen LogP contribution in [0.25, 0.3) is 22.2 Å². The summed E-state index contributed by atoms with van der Waals surface area (Å²) in [6.45, 7) is 2.10. The zero-order valence-corrected chi connectivity index (χ0v) is 10.5. The Labute approximate surface area is 106 Å². The molecule has 0 bridgehead atoms. The van der Waals surface area contributed by atoms with Crippen molar-refractivity contribution < 1.29 is 4.74 Å². The quantitative estimate of drug-likeness (QED) is 0.711. The highest BCUT2D eigenvalue weighted by Gasteiger charge is 2.03. The Bertz CT molecular complexity index is 680. The third-order valence-electron chi connectivity index (χ3n) is 3.18. The molecule has 1 heterocycles. The molecule has 2 nitrogen and oxygen atoms in total. The minimum absolute atomic E-state index is 0.880. The highest BCUT2D eigenvalue weighted by Crippen LogP contribution is 2.26. The van der Waals surface area contributed by atoms with Gasteiger partial charge >= 0.3 is 0 Å². The van der Waals surface area contributed by atoms with Crippen molar-refractivity contribution in [1.82, 2.24) is 4.98 Å². The van der Waals surface area contributed by atoms with Gasteiger partial charge in [0.25, 0.3) is 0 Å². The predicted octanol–water partition coefficient (Wildman–Crippen LogP) is 4.15. The van der Waals surface area contributed by atoms with Crippen molar-refractivity contribution in [3.63, 3.8) is 0 Å². The summed E-state index contributed by atoms with van der Waals surface area (Å²) in [4.78, 5) is 3.45. The highest BCUT2D eigenvalue weighted by molar-refractivity contribution is 5.86. The molecule has 0 spiro atoms. The molecule has 3 aromatic rings. The van der Waals surface area contributed by atoms with Crippen molar-refractivity contribution in [3.05, 3.63) is 54.1 Å². The first-order valence-electron chi connectivity index (χ1n) is 6.00. The monoisotopic (exact) mass is 237 g/mol. The minimum Gasteiger partial charge on any atom is -0.497 e. The lowest BCUT2D eigenvalue weighted by atomic mass is 10.1. The Morgan fingerprint density at radius 3 is 2.44 bits per heavy atom. The van der Waals surface area contributed by atoms with Gasteiger partial charge in [0.2, 0.25) is 0 Å². The molecule has 0 amide bonds. The van der Waals surface area contributed by atoms with E-state index < -0.39 is 0 Å². The maximum Gasteiger partial charge on any atom is 0.118 e. The third kappa shape index (κ3) is 1.86. The molecule has 0 aliphatic rings. The first-order chi connectivity index (χ1) is 8.76. The first kappa shape index (κ1) is 10.9. The molecule has 2 aromatic carbocycles. The van der Waals surface area contributed by atoms with Crippen LogP contribution >= 0.6 is 0 Å². The van der Waals surface area contributed by atoms with E-state index in [-0.39, 0.29) is 0 Å². The molecule has 0 saturated heterocycles. The van der Waals surface area contributed by atoms with Crippen molar-refractivity contribution in [1.29, 1.82) is 0 Å². The number of H-pyrrole nitrogens is 1. The van der Waals surface area contributed by atoms with Crippen LogP contribution < -0.4 is 4.74 Å². The smallest absolute Gasteiger partial charge is 0.118 e. The lowest BCUT2D eigenvalue weighted by molar-refractivity contribution is 0.415. The molecule has 1 N–H and O–H groups in total. The van der Waals surface area contributed by atoms with Crippen LogP contribution in [0.3, 0.4) is 0 Å². The van der Waals surface area contributed by atoms with Gasteiger partial charge in [0.05, 0.1) is 7.11 Å². The Balaban J connectivity index is 2.07. The lowest BCUT2D eigenvalue weighted by Crippen LogP contribution is -1.82. The SMILES string of the molecule is COc1ccc(-c2cc3ccc(C)cc3[nH]2)cc1. The maximum absolute atomic E-state index is 5.17. The topological polar surface area (TPSA) is 25.0 Å². The number of ether oxygens (including phenoxy) is 1. The van der Waals surface area contributed by atoms with E-state index >= 15 is 0 Å². The van der Waals surface area contributed by atoms with Gasteiger partial charge in [-0.25, -0.2) is 0 Å². The molecule has 0 atom stereocenters. The summed E-state index contributed by atoms with van der Waals surface area (Å²) < 4.78 is 5.17. The van der Waals surface area contributed by atoms with Crippen molar-refractivity contribution in [2.24, 2.45) is 0 Å². The summed E-state index contributed by atoms with van der Waals surface area (Å²) >= 11 is 0. The van der Waals surface area contributed by atoms with Crippen LogP contribution in [0.2, 0.25) is 0 Å². The van der Waals surface area contributed by atoms with Gasteiger partial charge in [-0.05, 0) is 54.4 Å². The molecule has 0 radical (unpaired) electrons. The van der Waals surface area contributed by atoms with E-state index in [1.54, 1.807) is 7.11 Å². The Morgan fingerprint density at radius 1 is 0.944 bits per heavy atom. The van der Waals surface area contributed by atoms with Crippen molar-refractivity contribution in [2.45, 2.75) is 6.92 Å². The third-order valence-corrected chi connectivity index (χ3v) is 3.18. The molecule has 0 aliphatic heterocycles. The van der Waals surface area contributed by atoms with Crippen LogP contribution in [0.15, 0.2) is 48.5 Å². The molecule has 0 aliphatic carbocycles. The van der Waals surface area contributed by atoms with Gasteiger partial charge in [0.1, 0.15) is 5.75 Å². The summed E-state index contributed by atoms with van der Waals surface area (Å²) in [6, 6.07) is 16.7. The molecule has 18 heavy (non-hydrogen) atoms. The zero-order chi connectivity index (χ0) is 12.5. The Kier molecular flexibility index (Phi) is 2.56. The molecule has 0 saturated carbocycles. The number of aryl methyl sites for hydroxylation is 1. The number of hydrogen-bond donors (Lipinski definition) is 1. The fraction of sp³-hybridized carbons (Fsp3) is 0.125. The van der Waals surface area contributed by atoms with Crippen LogP contribution in [-0.4, -0.2) is 12.1 Å². The second kappa shape index (κ2) is 4.22. The number of rotatable bonds is 2. The fourth-order valence-electron chi connectivity index (χ4n) is 2.17. The van der Waals surface area contributed by atoms with Gasteiger partial charge in [-0.15, -0.1) is 0 Å². The van der Waals surface area contributed by atoms with Crippen LogP contribution in [0.1, 0.15) is 5.56 Å². The fourth-order valence-corrected chi connectivity index (χ4v) is 2.17. The summed E-state index contributed by atoms with van der Waals surface area (Å²) in [5.41, 5.74) is 4.76. The van der Waals surface area contributed by atoms with Crippen LogP contribution in [0.4, 0.5) is 0 Å². The number of nitrogens with one attached hydrogen (secondary N) is 1. The molecule has 0 fully saturated rings. The van der Waals surface area contributed by atoms with E-state index in [1.165, 1.54) is 22.0 Å². The molecular formula is C16H15NO. The summed E-state index contributed by atoms with van der Waals surface area (Å²) in [7, 11) is 1.68. The van der Waals surface area contributed by atoms with E-state index in [0.29, 0.717) is 0 Å². The lowest BCUT2D eigenvalue weighted by Gasteiger charge is -2.01. The first-order valence-corrected chi connectivity index (χ1v) is 6.00. The van der Waals surface area contributed by atoms with E-state index in [1.807, 2.05) is 12.1 Å². The summed E-state index contributed by atoms with van der Waals surface area (Å²) in [5.74, 6) is 0.880. The summed E-state index contributed by atoms with van der Waals surface area (Å²) in [5, 5.41) is 1.24. The molecule has 90 valence electrons. The normalized spacial score (nSPS) is 10.8. The van der Waals surface area contributed by atoms with Gasteiger partial charge in [-0.2, -0.15) is 0 Å². The summed E-state index contributed by atoms with van der Waals surface area (Å²) in [6.07, 6.45) is 0. The molecule has 3 rings (SSSR count). The van der Waals surface area contributed by atoms with Gasteiger partial charge in [0, 0.05) is 16.6 Å². The number of hydrogen-bond acceptors (Lipinski definition) is 1. The molecule has 0 unspecified atom stereocenters. The van der Waals surface area contributed by atoms with E-state index in [4.69, 9.17) is 4.74 Å². The minimum atomic E-state index is 0.880. The van der Waals surface area contributed by atoms with E-state index in [2.05, 4.69) is 48.3 Å². The maximum atomic E-state index is 5.17. The number of aromatic nitrogens is 1. The number of benzene rings is 2. The Morgan fingerprint density at radius 2 is 1.72 bits per heavy atom. The predicted molar refractivity (Wildman–Crippen MR) is 75.0 cm³/mol.